The number of hydrogen-bond donors (Lipinski definition) is 2. The van der Waals surface area contributed by atoms with Crippen molar-refractivity contribution in [3.8, 4) is 0 Å². The molecule has 22 heavy (non-hydrogen) atoms. The lowest BCUT2D eigenvalue weighted by Gasteiger charge is -2.06. The summed E-state index contributed by atoms with van der Waals surface area (Å²) in [7, 11) is 0. The molecule has 0 spiro atoms. The summed E-state index contributed by atoms with van der Waals surface area (Å²) in [5.41, 5.74) is 1.55. The fourth-order valence-electron chi connectivity index (χ4n) is 1.78. The number of carboxylic acids is 1. The van der Waals surface area contributed by atoms with Crippen molar-refractivity contribution in [3.05, 3.63) is 76.7 Å². The summed E-state index contributed by atoms with van der Waals surface area (Å²) >= 11 is 0. The number of benzene rings is 2. The highest BCUT2D eigenvalue weighted by Crippen LogP contribution is 2.09. The maximum atomic E-state index is 12.8. The quantitative estimate of drug-likeness (QED) is 0.853. The van der Waals surface area contributed by atoms with Gasteiger partial charge in [-0.25, -0.2) is 9.18 Å². The summed E-state index contributed by atoms with van der Waals surface area (Å²) in [6.45, 7) is 1.89. The van der Waals surface area contributed by atoms with Gasteiger partial charge in [-0.3, -0.25) is 4.79 Å². The number of amides is 1. The van der Waals surface area contributed by atoms with E-state index < -0.39 is 17.7 Å². The molecule has 0 aliphatic rings. The zero-order valence-electron chi connectivity index (χ0n) is 11.8. The minimum atomic E-state index is -1.27. The second kappa shape index (κ2) is 6.67. The number of carbonyl (C=O) groups is 2. The molecule has 0 fully saturated rings. The van der Waals surface area contributed by atoms with E-state index in [9.17, 15) is 19.1 Å². The van der Waals surface area contributed by atoms with Crippen LogP contribution < -0.4 is 5.32 Å². The Bertz CT molecular complexity index is 719. The fourth-order valence-corrected chi connectivity index (χ4v) is 1.78. The molecule has 0 aliphatic heterocycles. The molecule has 0 atom stereocenters. The van der Waals surface area contributed by atoms with Crippen molar-refractivity contribution in [3.63, 3.8) is 0 Å². The zero-order valence-corrected chi connectivity index (χ0v) is 11.8. The van der Waals surface area contributed by atoms with E-state index in [1.54, 1.807) is 24.3 Å². The van der Waals surface area contributed by atoms with Gasteiger partial charge >= 0.3 is 5.97 Å². The maximum Gasteiger partial charge on any atom is 0.352 e. The Balaban J connectivity index is 2.21. The van der Waals surface area contributed by atoms with Gasteiger partial charge in [-0.15, -0.1) is 0 Å². The highest BCUT2D eigenvalue weighted by molar-refractivity contribution is 6.02. The highest BCUT2D eigenvalue weighted by atomic mass is 19.1. The molecule has 0 aromatic heterocycles. The highest BCUT2D eigenvalue weighted by Gasteiger charge is 2.13. The molecule has 2 N–H and O–H groups in total. The molecule has 2 aromatic rings. The lowest BCUT2D eigenvalue weighted by Crippen LogP contribution is -2.27. The Labute approximate surface area is 126 Å². The normalized spacial score (nSPS) is 11.1. The number of nitrogens with one attached hydrogen (secondary N) is 1. The number of carbonyl (C=O) groups excluding carboxylic acids is 1. The van der Waals surface area contributed by atoms with Crippen molar-refractivity contribution in [2.24, 2.45) is 0 Å². The molecule has 5 heteroatoms. The van der Waals surface area contributed by atoms with Crippen LogP contribution in [-0.4, -0.2) is 17.0 Å². The van der Waals surface area contributed by atoms with E-state index >= 15 is 0 Å². The molecule has 0 aliphatic carbocycles. The molecule has 2 aromatic carbocycles. The van der Waals surface area contributed by atoms with Crippen LogP contribution in [0.3, 0.4) is 0 Å². The first kappa shape index (κ1) is 15.4. The average Bonchev–Trinajstić information content (AvgIpc) is 2.49. The van der Waals surface area contributed by atoms with Crippen LogP contribution in [-0.2, 0) is 4.79 Å². The summed E-state index contributed by atoms with van der Waals surface area (Å²) in [5, 5.41) is 11.5. The number of carboxylic acid groups (broad SMARTS) is 1. The molecule has 0 radical (unpaired) electrons. The molecule has 0 saturated carbocycles. The van der Waals surface area contributed by atoms with Gasteiger partial charge in [0, 0.05) is 5.56 Å². The topological polar surface area (TPSA) is 66.4 Å². The molecule has 1 amide bonds. The Hall–Kier alpha value is -2.95. The van der Waals surface area contributed by atoms with Crippen LogP contribution >= 0.6 is 0 Å². The van der Waals surface area contributed by atoms with Gasteiger partial charge in [0.25, 0.3) is 5.91 Å². The molecule has 2 rings (SSSR count). The third kappa shape index (κ3) is 4.02. The second-order valence-electron chi connectivity index (χ2n) is 4.73. The van der Waals surface area contributed by atoms with E-state index in [1.807, 2.05) is 6.92 Å². The van der Waals surface area contributed by atoms with Gasteiger partial charge < -0.3 is 10.4 Å². The van der Waals surface area contributed by atoms with Gasteiger partial charge in [0.2, 0.25) is 0 Å². The summed E-state index contributed by atoms with van der Waals surface area (Å²) < 4.78 is 12.8. The van der Waals surface area contributed by atoms with Gasteiger partial charge in [-0.05, 0) is 42.8 Å². The van der Waals surface area contributed by atoms with Crippen LogP contribution in [0, 0.1) is 12.7 Å². The summed E-state index contributed by atoms with van der Waals surface area (Å²) in [4.78, 5) is 23.3. The molecular formula is C17H14FNO3. The van der Waals surface area contributed by atoms with Gasteiger partial charge in [-0.2, -0.15) is 0 Å². The number of halogens is 1. The SMILES string of the molecule is Cc1ccc(C(=O)NC(=Cc2ccc(F)cc2)C(=O)O)cc1. The lowest BCUT2D eigenvalue weighted by atomic mass is 10.1. The van der Waals surface area contributed by atoms with E-state index in [1.165, 1.54) is 30.3 Å². The standard InChI is InChI=1S/C17H14FNO3/c1-11-2-6-13(7-3-11)16(20)19-15(17(21)22)10-12-4-8-14(18)9-5-12/h2-10H,1H3,(H,19,20)(H,21,22). The predicted octanol–water partition coefficient (Wildman–Crippen LogP) is 2.99. The van der Waals surface area contributed by atoms with Crippen LogP contribution in [0.2, 0.25) is 0 Å². The monoisotopic (exact) mass is 299 g/mol. The minimum Gasteiger partial charge on any atom is -0.477 e. The van der Waals surface area contributed by atoms with E-state index in [0.29, 0.717) is 11.1 Å². The predicted molar refractivity (Wildman–Crippen MR) is 80.7 cm³/mol. The second-order valence-corrected chi connectivity index (χ2v) is 4.73. The third-order valence-corrected chi connectivity index (χ3v) is 2.97. The zero-order chi connectivity index (χ0) is 16.1. The van der Waals surface area contributed by atoms with Crippen LogP contribution in [0.1, 0.15) is 21.5 Å². The Morgan fingerprint density at radius 2 is 1.64 bits per heavy atom. The number of aliphatic carboxylic acids is 1. The van der Waals surface area contributed by atoms with E-state index in [4.69, 9.17) is 0 Å². The fraction of sp³-hybridized carbons (Fsp3) is 0.0588. The van der Waals surface area contributed by atoms with Crippen molar-refractivity contribution in [2.75, 3.05) is 0 Å². The van der Waals surface area contributed by atoms with Gasteiger partial charge in [0.15, 0.2) is 0 Å². The molecule has 0 saturated heterocycles. The third-order valence-electron chi connectivity index (χ3n) is 2.97. The minimum absolute atomic E-state index is 0.280. The van der Waals surface area contributed by atoms with Gasteiger partial charge in [0.05, 0.1) is 0 Å². The van der Waals surface area contributed by atoms with Crippen LogP contribution in [0.25, 0.3) is 6.08 Å². The number of hydrogen-bond acceptors (Lipinski definition) is 2. The van der Waals surface area contributed by atoms with Gasteiger partial charge in [-0.1, -0.05) is 29.8 Å². The Morgan fingerprint density at radius 1 is 1.05 bits per heavy atom. The molecule has 0 heterocycles. The van der Waals surface area contributed by atoms with Crippen LogP contribution in [0.5, 0.6) is 0 Å². The number of aryl methyl sites for hydroxylation is 1. The van der Waals surface area contributed by atoms with Crippen molar-refractivity contribution in [1.82, 2.24) is 5.32 Å². The summed E-state index contributed by atoms with van der Waals surface area (Å²) in [5.74, 6) is -2.21. The molecule has 0 bridgehead atoms. The first-order valence-electron chi connectivity index (χ1n) is 6.54. The van der Waals surface area contributed by atoms with Crippen LogP contribution in [0.15, 0.2) is 54.2 Å². The van der Waals surface area contributed by atoms with Crippen molar-refractivity contribution < 1.29 is 19.1 Å². The van der Waals surface area contributed by atoms with E-state index in [-0.39, 0.29) is 5.70 Å². The largest absolute Gasteiger partial charge is 0.477 e. The first-order valence-corrected chi connectivity index (χ1v) is 6.54. The molecule has 4 nitrogen and oxygen atoms in total. The van der Waals surface area contributed by atoms with Crippen molar-refractivity contribution >= 4 is 18.0 Å². The summed E-state index contributed by atoms with van der Waals surface area (Å²) in [6.07, 6.45) is 1.27. The average molecular weight is 299 g/mol. The molecule has 112 valence electrons. The molecular weight excluding hydrogens is 285 g/mol. The lowest BCUT2D eigenvalue weighted by molar-refractivity contribution is -0.132. The summed E-state index contributed by atoms with van der Waals surface area (Å²) in [6, 6.07) is 12.0. The van der Waals surface area contributed by atoms with Crippen molar-refractivity contribution in [1.29, 1.82) is 0 Å². The van der Waals surface area contributed by atoms with E-state index in [2.05, 4.69) is 5.32 Å². The first-order chi connectivity index (χ1) is 10.5. The Kier molecular flexibility index (Phi) is 4.68. The maximum absolute atomic E-state index is 12.8. The Morgan fingerprint density at radius 3 is 2.18 bits per heavy atom. The smallest absolute Gasteiger partial charge is 0.352 e. The molecule has 0 unspecified atom stereocenters. The van der Waals surface area contributed by atoms with Crippen LogP contribution in [0.4, 0.5) is 4.39 Å². The van der Waals surface area contributed by atoms with Crippen molar-refractivity contribution in [2.45, 2.75) is 6.92 Å². The van der Waals surface area contributed by atoms with E-state index in [0.717, 1.165) is 5.56 Å². The number of rotatable bonds is 4. The van der Waals surface area contributed by atoms with Gasteiger partial charge in [0.1, 0.15) is 11.5 Å².